The highest BCUT2D eigenvalue weighted by Gasteiger charge is 2.01. The number of carbonyl (C=O) groups is 1. The Morgan fingerprint density at radius 3 is 2.60 bits per heavy atom. The van der Waals surface area contributed by atoms with Gasteiger partial charge in [-0.05, 0) is 30.3 Å². The maximum atomic E-state index is 10.3. The Hall–Kier alpha value is -2.75. The molecule has 4 nitrogen and oxygen atoms in total. The molecule has 102 valence electrons. The Labute approximate surface area is 117 Å². The highest BCUT2D eigenvalue weighted by molar-refractivity contribution is 5.88. The monoisotopic (exact) mass is 269 g/mol. The van der Waals surface area contributed by atoms with Gasteiger partial charge in [0.2, 0.25) is 0 Å². The van der Waals surface area contributed by atoms with Crippen molar-refractivity contribution in [3.05, 3.63) is 65.7 Å². The van der Waals surface area contributed by atoms with Crippen LogP contribution in [0.15, 0.2) is 54.6 Å². The van der Waals surface area contributed by atoms with E-state index >= 15 is 0 Å². The van der Waals surface area contributed by atoms with E-state index in [0.717, 1.165) is 5.75 Å². The van der Waals surface area contributed by atoms with Gasteiger partial charge in [0.1, 0.15) is 12.4 Å². The molecule has 3 N–H and O–H groups in total. The van der Waals surface area contributed by atoms with E-state index in [4.69, 9.17) is 15.6 Å². The smallest absolute Gasteiger partial charge is 0.335 e. The van der Waals surface area contributed by atoms with Crippen LogP contribution in [0.1, 0.15) is 15.9 Å². The van der Waals surface area contributed by atoms with Crippen molar-refractivity contribution in [3.63, 3.8) is 0 Å². The maximum absolute atomic E-state index is 10.3. The molecule has 0 saturated heterocycles. The summed E-state index contributed by atoms with van der Waals surface area (Å²) in [5, 5.41) is 8.45. The summed E-state index contributed by atoms with van der Waals surface area (Å²) in [7, 11) is 0. The number of nitrogen functional groups attached to an aromatic ring is 1. The van der Waals surface area contributed by atoms with Crippen LogP contribution in [0.4, 0.5) is 5.69 Å². The fourth-order valence-electron chi connectivity index (χ4n) is 1.73. The van der Waals surface area contributed by atoms with Gasteiger partial charge in [-0.1, -0.05) is 30.3 Å². The van der Waals surface area contributed by atoms with E-state index in [-0.39, 0.29) is 5.56 Å². The molecule has 0 radical (unpaired) electrons. The number of hydrogen-bond acceptors (Lipinski definition) is 3. The molecule has 20 heavy (non-hydrogen) atoms. The van der Waals surface area contributed by atoms with Crippen molar-refractivity contribution >= 4 is 17.7 Å². The van der Waals surface area contributed by atoms with E-state index in [1.165, 1.54) is 17.7 Å². The molecule has 1 aliphatic heterocycles. The Balaban J connectivity index is 0.000000147. The van der Waals surface area contributed by atoms with Gasteiger partial charge in [-0.2, -0.15) is 0 Å². The molecular formula is C16H15NO3. The first-order valence-corrected chi connectivity index (χ1v) is 6.14. The van der Waals surface area contributed by atoms with Crippen molar-refractivity contribution in [1.82, 2.24) is 0 Å². The van der Waals surface area contributed by atoms with Crippen molar-refractivity contribution in [1.29, 1.82) is 0 Å². The van der Waals surface area contributed by atoms with Crippen molar-refractivity contribution in [2.75, 3.05) is 12.3 Å². The third-order valence-electron chi connectivity index (χ3n) is 2.69. The van der Waals surface area contributed by atoms with Crippen LogP contribution in [0.2, 0.25) is 0 Å². The second-order valence-electron chi connectivity index (χ2n) is 4.18. The van der Waals surface area contributed by atoms with Gasteiger partial charge in [0.25, 0.3) is 0 Å². The molecule has 1 heterocycles. The molecule has 0 aliphatic carbocycles. The number of para-hydroxylation sites is 1. The predicted molar refractivity (Wildman–Crippen MR) is 78.8 cm³/mol. The zero-order valence-electron chi connectivity index (χ0n) is 10.8. The lowest BCUT2D eigenvalue weighted by molar-refractivity contribution is 0.0697. The van der Waals surface area contributed by atoms with Gasteiger partial charge in [0.15, 0.2) is 0 Å². The molecule has 0 atom stereocenters. The molecule has 2 aromatic carbocycles. The van der Waals surface area contributed by atoms with Crippen LogP contribution in [0.5, 0.6) is 5.75 Å². The first-order chi connectivity index (χ1) is 9.66. The number of anilines is 1. The van der Waals surface area contributed by atoms with Crippen molar-refractivity contribution < 1.29 is 14.6 Å². The van der Waals surface area contributed by atoms with E-state index in [9.17, 15) is 4.79 Å². The molecule has 2 aromatic rings. The fourth-order valence-corrected chi connectivity index (χ4v) is 1.73. The van der Waals surface area contributed by atoms with E-state index in [1.807, 2.05) is 30.3 Å². The van der Waals surface area contributed by atoms with E-state index < -0.39 is 5.97 Å². The molecule has 0 saturated carbocycles. The zero-order chi connectivity index (χ0) is 14.4. The molecule has 3 rings (SSSR count). The van der Waals surface area contributed by atoms with Gasteiger partial charge < -0.3 is 15.6 Å². The lowest BCUT2D eigenvalue weighted by Gasteiger charge is -2.10. The summed E-state index contributed by atoms with van der Waals surface area (Å²) in [6.45, 7) is 0.705. The largest absolute Gasteiger partial charge is 0.489 e. The normalized spacial score (nSPS) is 11.6. The Morgan fingerprint density at radius 1 is 1.15 bits per heavy atom. The van der Waals surface area contributed by atoms with Gasteiger partial charge in [0, 0.05) is 11.3 Å². The predicted octanol–water partition coefficient (Wildman–Crippen LogP) is 3.06. The van der Waals surface area contributed by atoms with Crippen molar-refractivity contribution in [2.24, 2.45) is 0 Å². The van der Waals surface area contributed by atoms with Crippen molar-refractivity contribution in [2.45, 2.75) is 0 Å². The number of benzene rings is 2. The summed E-state index contributed by atoms with van der Waals surface area (Å²) in [6, 6.07) is 14.2. The number of aromatic carboxylic acids is 1. The van der Waals surface area contributed by atoms with Crippen LogP contribution in [0.3, 0.4) is 0 Å². The van der Waals surface area contributed by atoms with Crippen LogP contribution < -0.4 is 10.5 Å². The Morgan fingerprint density at radius 2 is 1.95 bits per heavy atom. The zero-order valence-corrected chi connectivity index (χ0v) is 10.8. The lowest BCUT2D eigenvalue weighted by atomic mass is 10.1. The quantitative estimate of drug-likeness (QED) is 0.780. The van der Waals surface area contributed by atoms with Gasteiger partial charge >= 0.3 is 5.97 Å². The molecule has 4 heteroatoms. The second-order valence-corrected chi connectivity index (χ2v) is 4.18. The molecule has 1 aliphatic rings. The van der Waals surface area contributed by atoms with E-state index in [0.29, 0.717) is 12.3 Å². The topological polar surface area (TPSA) is 72.5 Å². The van der Waals surface area contributed by atoms with Crippen LogP contribution in [0, 0.1) is 0 Å². The third-order valence-corrected chi connectivity index (χ3v) is 2.69. The van der Waals surface area contributed by atoms with E-state index in [1.54, 1.807) is 12.1 Å². The van der Waals surface area contributed by atoms with Crippen LogP contribution in [0.25, 0.3) is 6.08 Å². The summed E-state index contributed by atoms with van der Waals surface area (Å²) in [6.07, 6.45) is 4.10. The molecule has 0 unspecified atom stereocenters. The number of hydrogen-bond donors (Lipinski definition) is 2. The van der Waals surface area contributed by atoms with Crippen LogP contribution in [-0.4, -0.2) is 17.7 Å². The summed E-state index contributed by atoms with van der Waals surface area (Å²) < 4.78 is 5.34. The molecular weight excluding hydrogens is 254 g/mol. The standard InChI is InChI=1S/C9H8O.C7H7NO2/c1-2-6-9-8(4-1)5-3-7-10-9;8-6-3-1-2-5(4-6)7(9)10/h1-6H,7H2;1-4H,8H2,(H,9,10). The minimum Gasteiger partial charge on any atom is -0.489 e. The fraction of sp³-hybridized carbons (Fsp3) is 0.0625. The SMILES string of the molecule is C1=Cc2ccccc2OC1.Nc1cccc(C(=O)O)c1. The van der Waals surface area contributed by atoms with Gasteiger partial charge in [0.05, 0.1) is 5.56 Å². The average molecular weight is 269 g/mol. The minimum atomic E-state index is -0.952. The number of rotatable bonds is 1. The maximum Gasteiger partial charge on any atom is 0.335 e. The number of carboxylic acid groups (broad SMARTS) is 1. The first-order valence-electron chi connectivity index (χ1n) is 6.14. The summed E-state index contributed by atoms with van der Waals surface area (Å²) in [4.78, 5) is 10.3. The molecule has 0 fully saturated rings. The minimum absolute atomic E-state index is 0.222. The lowest BCUT2D eigenvalue weighted by Crippen LogP contribution is -1.98. The number of carboxylic acids is 1. The molecule has 0 bridgehead atoms. The first kappa shape index (κ1) is 13.7. The average Bonchev–Trinajstić information content (AvgIpc) is 2.48. The summed E-state index contributed by atoms with van der Waals surface area (Å²) in [5.41, 5.74) is 7.20. The third kappa shape index (κ3) is 3.62. The number of fused-ring (bicyclic) bond motifs is 1. The number of nitrogens with two attached hydrogens (primary N) is 1. The summed E-state index contributed by atoms with van der Waals surface area (Å²) in [5.74, 6) is 0.0392. The highest BCUT2D eigenvalue weighted by atomic mass is 16.5. The summed E-state index contributed by atoms with van der Waals surface area (Å²) >= 11 is 0. The Bertz CT molecular complexity index is 635. The van der Waals surface area contributed by atoms with Gasteiger partial charge in [-0.15, -0.1) is 0 Å². The number of ether oxygens (including phenoxy) is 1. The van der Waals surface area contributed by atoms with Gasteiger partial charge in [-0.25, -0.2) is 4.79 Å². The Kier molecular flexibility index (Phi) is 4.39. The second kappa shape index (κ2) is 6.43. The molecule has 0 aromatic heterocycles. The van der Waals surface area contributed by atoms with Crippen LogP contribution in [-0.2, 0) is 0 Å². The highest BCUT2D eigenvalue weighted by Crippen LogP contribution is 2.21. The van der Waals surface area contributed by atoms with E-state index in [2.05, 4.69) is 6.08 Å². The molecule has 0 spiro atoms. The molecule has 0 amide bonds. The van der Waals surface area contributed by atoms with Crippen LogP contribution >= 0.6 is 0 Å². The van der Waals surface area contributed by atoms with Gasteiger partial charge in [-0.3, -0.25) is 0 Å². The van der Waals surface area contributed by atoms with Crippen molar-refractivity contribution in [3.8, 4) is 5.75 Å².